The fourth-order valence-corrected chi connectivity index (χ4v) is 3.41. The quantitative estimate of drug-likeness (QED) is 0.295. The van der Waals surface area contributed by atoms with Gasteiger partial charge in [-0.2, -0.15) is 0 Å². The molecule has 0 atom stereocenters. The molecule has 164 valence electrons. The molecule has 0 aliphatic carbocycles. The monoisotopic (exact) mass is 437 g/mol. The van der Waals surface area contributed by atoms with Gasteiger partial charge in [0.05, 0.1) is 6.61 Å². The molecule has 0 aliphatic rings. The maximum atomic E-state index is 12.0. The minimum absolute atomic E-state index is 0.349. The van der Waals surface area contributed by atoms with E-state index in [1.54, 1.807) is 6.20 Å². The molecule has 0 amide bonds. The predicted octanol–water partition coefficient (Wildman–Crippen LogP) is 7.53. The fraction of sp³-hybridized carbons (Fsp3) is 0.333. The molecule has 0 N–H and O–H groups in total. The summed E-state index contributed by atoms with van der Waals surface area (Å²) >= 11 is 5.90. The van der Waals surface area contributed by atoms with Crippen molar-refractivity contribution in [2.45, 2.75) is 53.9 Å². The van der Waals surface area contributed by atoms with E-state index in [0.29, 0.717) is 12.3 Å². The molecule has 0 bridgehead atoms. The number of rotatable bonds is 6. The molecule has 3 aromatic rings. The summed E-state index contributed by atoms with van der Waals surface area (Å²) in [7, 11) is 0. The molecule has 0 aliphatic heterocycles. The van der Waals surface area contributed by atoms with Crippen LogP contribution in [0.5, 0.6) is 0 Å². The van der Waals surface area contributed by atoms with Crippen LogP contribution in [0.25, 0.3) is 11.1 Å². The highest BCUT2D eigenvalue weighted by Gasteiger charge is 2.13. The van der Waals surface area contributed by atoms with Gasteiger partial charge < -0.3 is 4.74 Å². The van der Waals surface area contributed by atoms with E-state index in [-0.39, 0.29) is 5.97 Å². The maximum absolute atomic E-state index is 12.0. The number of hydrogen-bond donors (Lipinski definition) is 0. The Morgan fingerprint density at radius 2 is 1.71 bits per heavy atom. The Kier molecular flexibility index (Phi) is 9.74. The standard InChI is InChI=1S/C18H21NO2.C9H11Cl/c1-4-5-10-21-18(20)17-11-16(14(3)12-19-17)15-9-7-6-8-13(15)2;1-3-8-6-7(2)4-5-9(8)10/h6-9,11-12H,4-5,10H2,1-3H3;4-6H,3H2,1-2H3. The average Bonchev–Trinajstić information content (AvgIpc) is 2.77. The number of unbranched alkanes of at least 4 members (excludes halogenated alkanes) is 1. The van der Waals surface area contributed by atoms with Gasteiger partial charge in [0.2, 0.25) is 0 Å². The van der Waals surface area contributed by atoms with Crippen molar-refractivity contribution in [3.63, 3.8) is 0 Å². The van der Waals surface area contributed by atoms with Crippen molar-refractivity contribution < 1.29 is 9.53 Å². The van der Waals surface area contributed by atoms with E-state index in [2.05, 4.69) is 50.9 Å². The molecular formula is C27H32ClNO2. The third kappa shape index (κ3) is 7.22. The van der Waals surface area contributed by atoms with Crippen LogP contribution < -0.4 is 0 Å². The number of aromatic nitrogens is 1. The van der Waals surface area contributed by atoms with Gasteiger partial charge in [-0.05, 0) is 73.6 Å². The second-order valence-corrected chi connectivity index (χ2v) is 8.04. The maximum Gasteiger partial charge on any atom is 0.356 e. The lowest BCUT2D eigenvalue weighted by molar-refractivity contribution is 0.0493. The molecule has 31 heavy (non-hydrogen) atoms. The number of nitrogens with zero attached hydrogens (tertiary/aromatic N) is 1. The van der Waals surface area contributed by atoms with E-state index >= 15 is 0 Å². The van der Waals surface area contributed by atoms with Gasteiger partial charge in [-0.3, -0.25) is 0 Å². The molecular weight excluding hydrogens is 406 g/mol. The minimum Gasteiger partial charge on any atom is -0.461 e. The molecule has 0 unspecified atom stereocenters. The summed E-state index contributed by atoms with van der Waals surface area (Å²) in [5, 5.41) is 0.883. The van der Waals surface area contributed by atoms with Crippen LogP contribution in [-0.4, -0.2) is 17.6 Å². The second kappa shape index (κ2) is 12.3. The third-order valence-electron chi connectivity index (χ3n) is 5.06. The minimum atomic E-state index is -0.349. The molecule has 4 heteroatoms. The van der Waals surface area contributed by atoms with Crippen LogP contribution in [0.4, 0.5) is 0 Å². The van der Waals surface area contributed by atoms with Crippen molar-refractivity contribution in [1.29, 1.82) is 0 Å². The Balaban J connectivity index is 0.000000285. The van der Waals surface area contributed by atoms with E-state index in [1.165, 1.54) is 16.7 Å². The molecule has 0 saturated carbocycles. The fourth-order valence-electron chi connectivity index (χ4n) is 3.16. The Labute approximate surface area is 191 Å². The first-order chi connectivity index (χ1) is 14.9. The zero-order valence-corrected chi connectivity index (χ0v) is 19.9. The van der Waals surface area contributed by atoms with Gasteiger partial charge in [0.1, 0.15) is 5.69 Å². The summed E-state index contributed by atoms with van der Waals surface area (Å²) in [4.78, 5) is 16.2. The molecule has 0 spiro atoms. The van der Waals surface area contributed by atoms with Gasteiger partial charge in [0.25, 0.3) is 0 Å². The topological polar surface area (TPSA) is 39.2 Å². The number of benzene rings is 2. The first-order valence-electron chi connectivity index (χ1n) is 10.8. The van der Waals surface area contributed by atoms with Crippen molar-refractivity contribution in [2.75, 3.05) is 6.61 Å². The molecule has 2 aromatic carbocycles. The number of ether oxygens (including phenoxy) is 1. The van der Waals surface area contributed by atoms with Crippen molar-refractivity contribution >= 4 is 17.6 Å². The SMILES string of the molecule is CCCCOC(=O)c1cc(-c2ccccc2C)c(C)cn1.CCc1cc(C)ccc1Cl. The van der Waals surface area contributed by atoms with Crippen molar-refractivity contribution in [2.24, 2.45) is 0 Å². The summed E-state index contributed by atoms with van der Waals surface area (Å²) < 4.78 is 5.23. The van der Waals surface area contributed by atoms with Crippen LogP contribution in [0.15, 0.2) is 54.7 Å². The number of carbonyl (C=O) groups excluding carboxylic acids is 1. The molecule has 0 fully saturated rings. The molecule has 3 rings (SSSR count). The summed E-state index contributed by atoms with van der Waals surface area (Å²) in [6.07, 6.45) is 4.63. The first kappa shape index (κ1) is 24.6. The van der Waals surface area contributed by atoms with Crippen LogP contribution in [0.3, 0.4) is 0 Å². The van der Waals surface area contributed by atoms with E-state index in [1.807, 2.05) is 37.3 Å². The average molecular weight is 438 g/mol. The van der Waals surface area contributed by atoms with Crippen LogP contribution in [0.1, 0.15) is 59.4 Å². The van der Waals surface area contributed by atoms with E-state index in [4.69, 9.17) is 16.3 Å². The lowest BCUT2D eigenvalue weighted by atomic mass is 9.97. The first-order valence-corrected chi connectivity index (χ1v) is 11.2. The summed E-state index contributed by atoms with van der Waals surface area (Å²) in [5.74, 6) is -0.349. The number of hydrogen-bond acceptors (Lipinski definition) is 3. The van der Waals surface area contributed by atoms with Crippen LogP contribution in [0.2, 0.25) is 5.02 Å². The second-order valence-electron chi connectivity index (χ2n) is 7.64. The highest BCUT2D eigenvalue weighted by molar-refractivity contribution is 6.31. The van der Waals surface area contributed by atoms with Gasteiger partial charge in [0.15, 0.2) is 0 Å². The predicted molar refractivity (Wildman–Crippen MR) is 130 cm³/mol. The Bertz CT molecular complexity index is 1010. The molecule has 1 aromatic heterocycles. The van der Waals surface area contributed by atoms with E-state index < -0.39 is 0 Å². The molecule has 1 heterocycles. The van der Waals surface area contributed by atoms with Crippen LogP contribution >= 0.6 is 11.6 Å². The molecule has 0 saturated heterocycles. The number of carbonyl (C=O) groups is 1. The van der Waals surface area contributed by atoms with Crippen molar-refractivity contribution in [3.8, 4) is 11.1 Å². The van der Waals surface area contributed by atoms with Gasteiger partial charge in [-0.15, -0.1) is 0 Å². The molecule has 0 radical (unpaired) electrons. The zero-order valence-electron chi connectivity index (χ0n) is 19.2. The summed E-state index contributed by atoms with van der Waals surface area (Å²) in [5.41, 5.74) is 7.27. The lowest BCUT2D eigenvalue weighted by Crippen LogP contribution is -2.09. The number of esters is 1. The smallest absolute Gasteiger partial charge is 0.356 e. The highest BCUT2D eigenvalue weighted by Crippen LogP contribution is 2.26. The number of pyridine rings is 1. The van der Waals surface area contributed by atoms with E-state index in [9.17, 15) is 4.79 Å². The number of aryl methyl sites for hydroxylation is 4. The largest absolute Gasteiger partial charge is 0.461 e. The van der Waals surface area contributed by atoms with Gasteiger partial charge >= 0.3 is 5.97 Å². The Morgan fingerprint density at radius 3 is 2.35 bits per heavy atom. The van der Waals surface area contributed by atoms with Crippen LogP contribution in [-0.2, 0) is 11.2 Å². The molecule has 3 nitrogen and oxygen atoms in total. The van der Waals surface area contributed by atoms with Crippen LogP contribution in [0, 0.1) is 20.8 Å². The highest BCUT2D eigenvalue weighted by atomic mass is 35.5. The summed E-state index contributed by atoms with van der Waals surface area (Å²) in [6.45, 7) is 10.8. The van der Waals surface area contributed by atoms with Crippen molar-refractivity contribution in [3.05, 3.63) is 87.7 Å². The van der Waals surface area contributed by atoms with Gasteiger partial charge in [-0.1, -0.05) is 73.8 Å². The zero-order chi connectivity index (χ0) is 22.8. The number of halogens is 1. The Hall–Kier alpha value is -2.65. The van der Waals surface area contributed by atoms with Gasteiger partial charge in [-0.25, -0.2) is 9.78 Å². The summed E-state index contributed by atoms with van der Waals surface area (Å²) in [6, 6.07) is 16.1. The van der Waals surface area contributed by atoms with Gasteiger partial charge in [0, 0.05) is 11.2 Å². The normalized spacial score (nSPS) is 10.3. The lowest BCUT2D eigenvalue weighted by Gasteiger charge is -2.11. The van der Waals surface area contributed by atoms with Crippen molar-refractivity contribution in [1.82, 2.24) is 4.98 Å². The Morgan fingerprint density at radius 1 is 0.968 bits per heavy atom. The van der Waals surface area contributed by atoms with E-state index in [0.717, 1.165) is 41.0 Å². The third-order valence-corrected chi connectivity index (χ3v) is 5.43.